The minimum Gasteiger partial charge on any atom is -0.312 e. The molecule has 4 nitrogen and oxygen atoms in total. The summed E-state index contributed by atoms with van der Waals surface area (Å²) in [4.78, 5) is 0.197. The van der Waals surface area contributed by atoms with E-state index in [1.54, 1.807) is 18.2 Å². The van der Waals surface area contributed by atoms with E-state index >= 15 is 0 Å². The van der Waals surface area contributed by atoms with Crippen molar-refractivity contribution in [2.75, 3.05) is 11.3 Å². The maximum atomic E-state index is 12.3. The van der Waals surface area contributed by atoms with Crippen LogP contribution in [0.3, 0.4) is 0 Å². The van der Waals surface area contributed by atoms with E-state index in [0.717, 1.165) is 25.1 Å². The number of anilines is 1. The van der Waals surface area contributed by atoms with E-state index in [-0.39, 0.29) is 17.3 Å². The fourth-order valence-electron chi connectivity index (χ4n) is 2.37. The molecule has 1 aliphatic rings. The molecule has 0 unspecified atom stereocenters. The second kappa shape index (κ2) is 6.87. The second-order valence-electron chi connectivity index (χ2n) is 4.97. The van der Waals surface area contributed by atoms with Crippen LogP contribution in [-0.4, -0.2) is 15.0 Å². The lowest BCUT2D eigenvalue weighted by molar-refractivity contribution is 0.601. The highest BCUT2D eigenvalue weighted by atomic mass is 35.5. The molecule has 3 rings (SSSR count). The summed E-state index contributed by atoms with van der Waals surface area (Å²) in [5.74, 6) is 0. The summed E-state index contributed by atoms with van der Waals surface area (Å²) >= 11 is 5.78. The lowest BCUT2D eigenvalue weighted by Gasteiger charge is -2.18. The third-order valence-electron chi connectivity index (χ3n) is 3.47. The molecular formula is C15H16Cl2N2O2S. The molecule has 0 fully saturated rings. The second-order valence-corrected chi connectivity index (χ2v) is 7.09. The Bertz CT molecular complexity index is 762. The van der Waals surface area contributed by atoms with Crippen LogP contribution in [0.1, 0.15) is 11.1 Å². The van der Waals surface area contributed by atoms with Crippen molar-refractivity contribution in [1.29, 1.82) is 0 Å². The van der Waals surface area contributed by atoms with Crippen LogP contribution in [0.25, 0.3) is 0 Å². The number of hydrogen-bond acceptors (Lipinski definition) is 3. The van der Waals surface area contributed by atoms with E-state index in [0.29, 0.717) is 10.7 Å². The molecule has 0 atom stereocenters. The first-order valence-electron chi connectivity index (χ1n) is 6.65. The SMILES string of the molecule is Cl.O=S(=O)(Nc1ccc2c(c1)CNCC2)c1ccc(Cl)cc1. The Kier molecular flexibility index (Phi) is 5.34. The Morgan fingerprint density at radius 3 is 2.50 bits per heavy atom. The van der Waals surface area contributed by atoms with E-state index in [1.807, 2.05) is 12.1 Å². The molecule has 0 saturated carbocycles. The Hall–Kier alpha value is -1.27. The Morgan fingerprint density at radius 1 is 1.05 bits per heavy atom. The van der Waals surface area contributed by atoms with Crippen molar-refractivity contribution in [3.63, 3.8) is 0 Å². The summed E-state index contributed by atoms with van der Waals surface area (Å²) in [5, 5.41) is 3.79. The van der Waals surface area contributed by atoms with Gasteiger partial charge >= 0.3 is 0 Å². The van der Waals surface area contributed by atoms with Crippen molar-refractivity contribution in [1.82, 2.24) is 5.32 Å². The highest BCUT2D eigenvalue weighted by Gasteiger charge is 2.15. The summed E-state index contributed by atoms with van der Waals surface area (Å²) in [6.07, 6.45) is 0.972. The quantitative estimate of drug-likeness (QED) is 0.885. The predicted octanol–water partition coefficient (Wildman–Crippen LogP) is 3.21. The van der Waals surface area contributed by atoms with Crippen LogP contribution in [0.5, 0.6) is 0 Å². The summed E-state index contributed by atoms with van der Waals surface area (Å²) in [7, 11) is -3.59. The highest BCUT2D eigenvalue weighted by Crippen LogP contribution is 2.22. The zero-order valence-electron chi connectivity index (χ0n) is 11.7. The number of hydrogen-bond donors (Lipinski definition) is 2. The van der Waals surface area contributed by atoms with Crippen molar-refractivity contribution in [3.8, 4) is 0 Å². The van der Waals surface area contributed by atoms with Crippen molar-refractivity contribution < 1.29 is 8.42 Å². The number of rotatable bonds is 3. The third kappa shape index (κ3) is 3.73. The van der Waals surface area contributed by atoms with Gasteiger partial charge in [-0.05, 0) is 60.5 Å². The Morgan fingerprint density at radius 2 is 1.77 bits per heavy atom. The van der Waals surface area contributed by atoms with Gasteiger partial charge in [-0.1, -0.05) is 17.7 Å². The zero-order chi connectivity index (χ0) is 14.9. The topological polar surface area (TPSA) is 58.2 Å². The maximum absolute atomic E-state index is 12.3. The van der Waals surface area contributed by atoms with Crippen LogP contribution >= 0.6 is 24.0 Å². The Balaban J connectivity index is 0.00000176. The molecule has 0 aromatic heterocycles. The van der Waals surface area contributed by atoms with Gasteiger partial charge in [0, 0.05) is 17.3 Å². The fourth-order valence-corrected chi connectivity index (χ4v) is 3.55. The average Bonchev–Trinajstić information content (AvgIpc) is 2.47. The van der Waals surface area contributed by atoms with Crippen LogP contribution in [0.2, 0.25) is 5.02 Å². The van der Waals surface area contributed by atoms with Crippen LogP contribution in [0.15, 0.2) is 47.4 Å². The molecule has 1 aliphatic heterocycles. The Labute approximate surface area is 141 Å². The van der Waals surface area contributed by atoms with E-state index < -0.39 is 10.0 Å². The molecule has 2 aromatic carbocycles. The molecule has 0 spiro atoms. The molecule has 0 bridgehead atoms. The lowest BCUT2D eigenvalue weighted by atomic mass is 10.0. The van der Waals surface area contributed by atoms with Crippen LogP contribution in [-0.2, 0) is 23.0 Å². The molecule has 2 aromatic rings. The summed E-state index contributed by atoms with van der Waals surface area (Å²) in [6.45, 7) is 1.73. The number of halogens is 2. The van der Waals surface area contributed by atoms with Gasteiger partial charge in [-0.25, -0.2) is 8.42 Å². The van der Waals surface area contributed by atoms with Crippen molar-refractivity contribution in [2.24, 2.45) is 0 Å². The molecule has 22 heavy (non-hydrogen) atoms. The van der Waals surface area contributed by atoms with Crippen LogP contribution in [0, 0.1) is 0 Å². The van der Waals surface area contributed by atoms with Crippen LogP contribution < -0.4 is 10.0 Å². The molecule has 118 valence electrons. The van der Waals surface area contributed by atoms with Gasteiger partial charge in [-0.2, -0.15) is 0 Å². The average molecular weight is 359 g/mol. The normalized spacial score (nSPS) is 13.9. The first-order chi connectivity index (χ1) is 10.0. The molecule has 1 heterocycles. The molecule has 7 heteroatoms. The van der Waals surface area contributed by atoms with Gasteiger partial charge in [0.25, 0.3) is 10.0 Å². The minimum absolute atomic E-state index is 0. The number of sulfonamides is 1. The molecule has 0 amide bonds. The van der Waals surface area contributed by atoms with Gasteiger partial charge < -0.3 is 5.32 Å². The van der Waals surface area contributed by atoms with E-state index in [4.69, 9.17) is 11.6 Å². The van der Waals surface area contributed by atoms with E-state index in [2.05, 4.69) is 10.0 Å². The smallest absolute Gasteiger partial charge is 0.261 e. The van der Waals surface area contributed by atoms with Gasteiger partial charge in [0.05, 0.1) is 4.90 Å². The molecule has 2 N–H and O–H groups in total. The van der Waals surface area contributed by atoms with E-state index in [9.17, 15) is 8.42 Å². The summed E-state index contributed by atoms with van der Waals surface area (Å²) in [5.41, 5.74) is 2.98. The summed E-state index contributed by atoms with van der Waals surface area (Å²) in [6, 6.07) is 11.8. The monoisotopic (exact) mass is 358 g/mol. The number of benzene rings is 2. The maximum Gasteiger partial charge on any atom is 0.261 e. The highest BCUT2D eigenvalue weighted by molar-refractivity contribution is 7.92. The standard InChI is InChI=1S/C15H15ClN2O2S.ClH/c16-13-2-5-15(6-3-13)21(19,20)18-14-4-1-11-7-8-17-10-12(11)9-14;/h1-6,9,17-18H,7-8,10H2;1H. The van der Waals surface area contributed by atoms with Gasteiger partial charge in [0.2, 0.25) is 0 Å². The zero-order valence-corrected chi connectivity index (χ0v) is 14.1. The summed E-state index contributed by atoms with van der Waals surface area (Å²) < 4.78 is 27.2. The number of fused-ring (bicyclic) bond motifs is 1. The van der Waals surface area contributed by atoms with Crippen molar-refractivity contribution >= 4 is 39.7 Å². The molecular weight excluding hydrogens is 343 g/mol. The molecule has 0 radical (unpaired) electrons. The molecule has 0 saturated heterocycles. The first kappa shape index (κ1) is 17.1. The number of nitrogens with one attached hydrogen (secondary N) is 2. The first-order valence-corrected chi connectivity index (χ1v) is 8.52. The fraction of sp³-hybridized carbons (Fsp3) is 0.200. The van der Waals surface area contributed by atoms with Gasteiger partial charge in [-0.3, -0.25) is 4.72 Å². The molecule has 0 aliphatic carbocycles. The predicted molar refractivity (Wildman–Crippen MR) is 91.4 cm³/mol. The minimum atomic E-state index is -3.59. The lowest BCUT2D eigenvalue weighted by Crippen LogP contribution is -2.23. The third-order valence-corrected chi connectivity index (χ3v) is 5.12. The van der Waals surface area contributed by atoms with Crippen molar-refractivity contribution in [3.05, 3.63) is 58.6 Å². The van der Waals surface area contributed by atoms with Crippen molar-refractivity contribution in [2.45, 2.75) is 17.9 Å². The van der Waals surface area contributed by atoms with Crippen LogP contribution in [0.4, 0.5) is 5.69 Å². The largest absolute Gasteiger partial charge is 0.312 e. The van der Waals surface area contributed by atoms with Gasteiger partial charge in [0.15, 0.2) is 0 Å². The van der Waals surface area contributed by atoms with E-state index in [1.165, 1.54) is 17.7 Å². The van der Waals surface area contributed by atoms with Gasteiger partial charge in [-0.15, -0.1) is 12.4 Å². The van der Waals surface area contributed by atoms with Gasteiger partial charge in [0.1, 0.15) is 0 Å².